The molecule has 1 fully saturated rings. The number of piperazine rings is 1. The second kappa shape index (κ2) is 19.2. The Morgan fingerprint density at radius 1 is 0.741 bits per heavy atom. The summed E-state index contributed by atoms with van der Waals surface area (Å²) in [4.78, 5) is 52.5. The number of benzene rings is 3. The minimum Gasteiger partial charge on any atom is -0.477 e. The monoisotopic (exact) mass is 761 g/mol. The third kappa shape index (κ3) is 11.3. The van der Waals surface area contributed by atoms with Gasteiger partial charge in [0, 0.05) is 50.9 Å². The molecule has 0 bridgehead atoms. The molecule has 17 heteroatoms. The molecule has 2 heterocycles. The predicted octanol–water partition coefficient (Wildman–Crippen LogP) is 7.01. The highest BCUT2D eigenvalue weighted by atomic mass is 19.2. The van der Waals surface area contributed by atoms with Gasteiger partial charge >= 0.3 is 18.0 Å². The van der Waals surface area contributed by atoms with Crippen molar-refractivity contribution in [1.82, 2.24) is 14.8 Å². The lowest BCUT2D eigenvalue weighted by Gasteiger charge is -2.34. The first-order chi connectivity index (χ1) is 25.4. The van der Waals surface area contributed by atoms with Gasteiger partial charge in [0.15, 0.2) is 5.82 Å². The molecule has 0 radical (unpaired) electrons. The lowest BCUT2D eigenvalue weighted by Crippen LogP contribution is -2.47. The van der Waals surface area contributed by atoms with Gasteiger partial charge in [-0.1, -0.05) is 18.2 Å². The number of nitrogens with one attached hydrogen (secondary N) is 2. The number of aromatic carboxylic acids is 1. The molecule has 288 valence electrons. The van der Waals surface area contributed by atoms with Crippen LogP contribution in [0.3, 0.4) is 0 Å². The maximum absolute atomic E-state index is 14.9. The summed E-state index contributed by atoms with van der Waals surface area (Å²) >= 11 is 0. The van der Waals surface area contributed by atoms with E-state index in [4.69, 9.17) is 5.11 Å². The Morgan fingerprint density at radius 2 is 1.30 bits per heavy atom. The van der Waals surface area contributed by atoms with Crippen molar-refractivity contribution >= 4 is 35.3 Å². The van der Waals surface area contributed by atoms with Gasteiger partial charge in [-0.3, -0.25) is 14.7 Å². The summed E-state index contributed by atoms with van der Waals surface area (Å²) in [6, 6.07) is 9.51. The van der Waals surface area contributed by atoms with Crippen LogP contribution in [-0.2, 0) is 16.1 Å². The van der Waals surface area contributed by atoms with Crippen LogP contribution in [0.4, 0.5) is 42.5 Å². The van der Waals surface area contributed by atoms with E-state index in [1.807, 2.05) is 4.90 Å². The van der Waals surface area contributed by atoms with Gasteiger partial charge in [-0.15, -0.1) is 0 Å². The Kier molecular flexibility index (Phi) is 15.1. The Balaban J connectivity index is 0.000000258. The topological polar surface area (TPSA) is 141 Å². The minimum absolute atomic E-state index is 0.0129. The van der Waals surface area contributed by atoms with Crippen LogP contribution < -0.4 is 10.6 Å². The first-order valence-corrected chi connectivity index (χ1v) is 16.1. The molecule has 0 saturated carbocycles. The van der Waals surface area contributed by atoms with E-state index in [2.05, 4.69) is 20.4 Å². The van der Waals surface area contributed by atoms with Gasteiger partial charge in [-0.2, -0.15) is 0 Å². The fraction of sp³-hybridized carbons (Fsp3) is 0.270. The van der Waals surface area contributed by atoms with Crippen LogP contribution in [0.25, 0.3) is 0 Å². The molecule has 11 nitrogen and oxygen atoms in total. The van der Waals surface area contributed by atoms with Crippen molar-refractivity contribution in [2.24, 2.45) is 0 Å². The Bertz CT molecular complexity index is 2010. The zero-order chi connectivity index (χ0) is 40.3. The van der Waals surface area contributed by atoms with Gasteiger partial charge in [0.2, 0.25) is 5.91 Å². The van der Waals surface area contributed by atoms with Crippen LogP contribution in [0.2, 0.25) is 0 Å². The number of carboxylic acids is 1. The smallest absolute Gasteiger partial charge is 0.343 e. The van der Waals surface area contributed by atoms with Gasteiger partial charge in [-0.05, 0) is 62.2 Å². The van der Waals surface area contributed by atoms with Crippen molar-refractivity contribution in [3.05, 3.63) is 123 Å². The average molecular weight is 762 g/mol. The first kappa shape index (κ1) is 42.4. The van der Waals surface area contributed by atoms with Crippen LogP contribution in [-0.4, -0.2) is 77.1 Å². The molecule has 0 aliphatic carbocycles. The van der Waals surface area contributed by atoms with E-state index < -0.39 is 69.7 Å². The number of esters is 1. The molecule has 1 aromatic heterocycles. The van der Waals surface area contributed by atoms with Crippen LogP contribution in [0, 0.1) is 55.7 Å². The number of methoxy groups -OCH3 is 1. The number of nitrogens with zero attached hydrogens (tertiary/aromatic N) is 3. The summed E-state index contributed by atoms with van der Waals surface area (Å²) in [6.45, 7) is 8.73. The molecule has 5 rings (SSSR count). The van der Waals surface area contributed by atoms with E-state index in [0.717, 1.165) is 31.0 Å². The normalized spacial score (nSPS) is 12.4. The fourth-order valence-corrected chi connectivity index (χ4v) is 4.91. The molecule has 4 aromatic rings. The van der Waals surface area contributed by atoms with E-state index in [1.54, 1.807) is 24.0 Å². The number of anilines is 2. The van der Waals surface area contributed by atoms with Crippen LogP contribution in [0.1, 0.15) is 50.0 Å². The van der Waals surface area contributed by atoms with Gasteiger partial charge in [0.05, 0.1) is 19.0 Å². The number of carbonyl (C=O) groups excluding carboxylic acids is 3. The highest BCUT2D eigenvalue weighted by Crippen LogP contribution is 2.24. The number of aromatic nitrogens is 1. The van der Waals surface area contributed by atoms with Crippen LogP contribution in [0.5, 0.6) is 0 Å². The molecule has 1 aliphatic rings. The summed E-state index contributed by atoms with van der Waals surface area (Å²) in [5.74, 6) is -8.08. The maximum Gasteiger partial charge on any atom is 0.343 e. The lowest BCUT2D eigenvalue weighted by atomic mass is 10.1. The number of carboxylic acid groups (broad SMARTS) is 1. The quantitative estimate of drug-likeness (QED) is 0.141. The fourth-order valence-electron chi connectivity index (χ4n) is 4.91. The van der Waals surface area contributed by atoms with Crippen molar-refractivity contribution in [3.8, 4) is 0 Å². The summed E-state index contributed by atoms with van der Waals surface area (Å²) in [7, 11) is 1.07. The zero-order valence-corrected chi connectivity index (χ0v) is 29.8. The summed E-state index contributed by atoms with van der Waals surface area (Å²) < 4.78 is 84.9. The van der Waals surface area contributed by atoms with E-state index >= 15 is 0 Å². The van der Waals surface area contributed by atoms with E-state index in [-0.39, 0.29) is 29.1 Å². The number of ether oxygens (including phenoxy) is 1. The van der Waals surface area contributed by atoms with Crippen molar-refractivity contribution in [1.29, 1.82) is 0 Å². The summed E-state index contributed by atoms with van der Waals surface area (Å²) in [6.07, 6.45) is 1.46. The molecule has 0 unspecified atom stereocenters. The highest BCUT2D eigenvalue weighted by Gasteiger charge is 2.23. The van der Waals surface area contributed by atoms with Gasteiger partial charge in [0.1, 0.15) is 45.9 Å². The van der Waals surface area contributed by atoms with Crippen molar-refractivity contribution in [2.45, 2.75) is 34.2 Å². The third-order valence-corrected chi connectivity index (χ3v) is 7.96. The molecule has 0 atom stereocenters. The zero-order valence-electron chi connectivity index (χ0n) is 29.8. The van der Waals surface area contributed by atoms with Crippen molar-refractivity contribution < 1.29 is 55.4 Å². The van der Waals surface area contributed by atoms with Gasteiger partial charge in [-0.25, -0.2) is 40.7 Å². The minimum atomic E-state index is -1.59. The Labute approximate surface area is 306 Å². The number of pyridine rings is 1. The second-order valence-electron chi connectivity index (χ2n) is 11.8. The van der Waals surface area contributed by atoms with Crippen LogP contribution >= 0.6 is 0 Å². The number of aryl methyl sites for hydroxylation is 3. The number of hydrogen-bond acceptors (Lipinski definition) is 7. The molecular weight excluding hydrogens is 724 g/mol. The average Bonchev–Trinajstić information content (AvgIpc) is 3.13. The lowest BCUT2D eigenvalue weighted by molar-refractivity contribution is -0.130. The summed E-state index contributed by atoms with van der Waals surface area (Å²) in [5, 5.41) is 13.1. The standard InChI is InChI=1S/C20H23F2N5O2.C9H8F2O2.C8H6F2O2/c1-13-3-5-16(11-23-13)24-20(29)25-19-17(21)6-4-15(18(19)22)12-26-7-9-27(10-8-26)14(2)28;1-5-3-4-6(10)7(8(5)11)9(12)13-2;1-4-2-3-5(9)6(7(4)10)8(11)12/h3-6,11H,7-10,12H2,1-2H3,(H2,24,25,29);3-4H,1-2H3;2-3H,1H3,(H,11,12). The van der Waals surface area contributed by atoms with E-state index in [9.17, 15) is 45.5 Å². The SMILES string of the molecule is CC(=O)N1CCN(Cc2ccc(F)c(NC(=O)Nc3ccc(C)nc3)c2F)CC1.COC(=O)c1c(F)ccc(C)c1F.Cc1ccc(F)c(C(=O)O)c1F. The van der Waals surface area contributed by atoms with E-state index in [0.29, 0.717) is 31.9 Å². The van der Waals surface area contributed by atoms with Gasteiger partial charge in [0.25, 0.3) is 0 Å². The predicted molar refractivity (Wildman–Crippen MR) is 186 cm³/mol. The molecule has 0 spiro atoms. The van der Waals surface area contributed by atoms with E-state index in [1.165, 1.54) is 45.2 Å². The largest absolute Gasteiger partial charge is 0.477 e. The molecule has 3 N–H and O–H groups in total. The molecule has 54 heavy (non-hydrogen) atoms. The number of halogens is 6. The second-order valence-corrected chi connectivity index (χ2v) is 11.8. The molecule has 3 aromatic carbocycles. The Morgan fingerprint density at radius 3 is 1.80 bits per heavy atom. The summed E-state index contributed by atoms with van der Waals surface area (Å²) in [5.41, 5.74) is -0.233. The number of carbonyl (C=O) groups is 4. The maximum atomic E-state index is 14.9. The van der Waals surface area contributed by atoms with Crippen LogP contribution in [0.15, 0.2) is 54.7 Å². The first-order valence-electron chi connectivity index (χ1n) is 16.1. The highest BCUT2D eigenvalue weighted by molar-refractivity contribution is 5.99. The van der Waals surface area contributed by atoms with Crippen molar-refractivity contribution in [2.75, 3.05) is 43.9 Å². The Hall–Kier alpha value is -5.97. The number of urea groups is 1. The van der Waals surface area contributed by atoms with Gasteiger partial charge < -0.3 is 25.4 Å². The molecule has 1 saturated heterocycles. The molecular formula is C37H37F6N5O6. The number of amides is 3. The molecule has 3 amide bonds. The molecule has 1 aliphatic heterocycles. The number of rotatable bonds is 6. The number of hydrogen-bond donors (Lipinski definition) is 3. The van der Waals surface area contributed by atoms with Crippen molar-refractivity contribution in [3.63, 3.8) is 0 Å². The third-order valence-electron chi connectivity index (χ3n) is 7.96.